The molecule has 108 valence electrons. The summed E-state index contributed by atoms with van der Waals surface area (Å²) in [4.78, 5) is 2.38. The summed E-state index contributed by atoms with van der Waals surface area (Å²) < 4.78 is 5.22. The van der Waals surface area contributed by atoms with Crippen LogP contribution in [-0.4, -0.2) is 38.2 Å². The van der Waals surface area contributed by atoms with Crippen LogP contribution in [0.5, 0.6) is 0 Å². The molecule has 0 aliphatic rings. The first kappa shape index (κ1) is 16.2. The molecular formula is C16H28N2O. The van der Waals surface area contributed by atoms with E-state index in [4.69, 9.17) is 4.74 Å². The minimum Gasteiger partial charge on any atom is -0.380 e. The normalized spacial score (nSPS) is 11.5. The third-order valence-electron chi connectivity index (χ3n) is 3.48. The molecule has 0 aromatic heterocycles. The van der Waals surface area contributed by atoms with Gasteiger partial charge < -0.3 is 15.0 Å². The molecule has 1 N–H and O–H groups in total. The lowest BCUT2D eigenvalue weighted by atomic mass is 10.1. The Hall–Kier alpha value is -0.900. The zero-order valence-electron chi connectivity index (χ0n) is 12.8. The Balaban J connectivity index is 2.26. The summed E-state index contributed by atoms with van der Waals surface area (Å²) in [6, 6.07) is 9.08. The Morgan fingerprint density at radius 1 is 1.21 bits per heavy atom. The maximum atomic E-state index is 5.22. The number of nitrogens with zero attached hydrogens (tertiary/aromatic N) is 1. The predicted octanol–water partition coefficient (Wildman–Crippen LogP) is 2.65. The van der Waals surface area contributed by atoms with E-state index in [1.54, 1.807) is 7.11 Å². The summed E-state index contributed by atoms with van der Waals surface area (Å²) in [6.07, 6.45) is 1.18. The highest BCUT2D eigenvalue weighted by Gasteiger charge is 2.03. The van der Waals surface area contributed by atoms with Crippen molar-refractivity contribution in [3.63, 3.8) is 0 Å². The van der Waals surface area contributed by atoms with E-state index in [0.29, 0.717) is 12.6 Å². The Morgan fingerprint density at radius 2 is 1.89 bits per heavy atom. The van der Waals surface area contributed by atoms with Gasteiger partial charge in [0.05, 0.1) is 6.61 Å². The molecule has 0 amide bonds. The average molecular weight is 264 g/mol. The van der Waals surface area contributed by atoms with Crippen LogP contribution in [-0.2, 0) is 17.9 Å². The first-order chi connectivity index (χ1) is 9.15. The maximum absolute atomic E-state index is 5.22. The molecular weight excluding hydrogens is 236 g/mol. The summed E-state index contributed by atoms with van der Waals surface area (Å²) in [6.45, 7) is 8.27. The molecule has 0 fully saturated rings. The van der Waals surface area contributed by atoms with Crippen molar-refractivity contribution in [2.24, 2.45) is 0 Å². The quantitative estimate of drug-likeness (QED) is 0.694. The molecule has 0 heterocycles. The van der Waals surface area contributed by atoms with E-state index in [0.717, 1.165) is 19.6 Å². The molecule has 0 spiro atoms. The van der Waals surface area contributed by atoms with Gasteiger partial charge in [0.15, 0.2) is 0 Å². The zero-order valence-corrected chi connectivity index (χ0v) is 12.8. The van der Waals surface area contributed by atoms with Gasteiger partial charge in [-0.25, -0.2) is 0 Å². The number of ether oxygens (including phenoxy) is 1. The Kier molecular flexibility index (Phi) is 7.72. The van der Waals surface area contributed by atoms with Gasteiger partial charge in [-0.3, -0.25) is 0 Å². The molecule has 3 nitrogen and oxygen atoms in total. The molecule has 0 atom stereocenters. The molecule has 0 aliphatic heterocycles. The van der Waals surface area contributed by atoms with Crippen LogP contribution in [0.15, 0.2) is 24.3 Å². The fourth-order valence-electron chi connectivity index (χ4n) is 1.96. The second-order valence-electron chi connectivity index (χ2n) is 5.31. The second kappa shape index (κ2) is 9.08. The summed E-state index contributed by atoms with van der Waals surface area (Å²) in [7, 11) is 3.92. The molecule has 0 radical (unpaired) electrons. The smallest absolute Gasteiger partial charge is 0.0716 e. The summed E-state index contributed by atoms with van der Waals surface area (Å²) in [5.41, 5.74) is 2.61. The SMILES string of the molecule is COCc1ccccc1CNCCCN(C)C(C)C. The van der Waals surface area contributed by atoms with Crippen molar-refractivity contribution in [3.8, 4) is 0 Å². The Morgan fingerprint density at radius 3 is 2.53 bits per heavy atom. The summed E-state index contributed by atoms with van der Waals surface area (Å²) >= 11 is 0. The lowest BCUT2D eigenvalue weighted by molar-refractivity contribution is 0.184. The molecule has 0 unspecified atom stereocenters. The maximum Gasteiger partial charge on any atom is 0.0716 e. The van der Waals surface area contributed by atoms with Crippen molar-refractivity contribution in [3.05, 3.63) is 35.4 Å². The van der Waals surface area contributed by atoms with Crippen molar-refractivity contribution >= 4 is 0 Å². The number of hydrogen-bond acceptors (Lipinski definition) is 3. The second-order valence-corrected chi connectivity index (χ2v) is 5.31. The van der Waals surface area contributed by atoms with Crippen molar-refractivity contribution < 1.29 is 4.74 Å². The lowest BCUT2D eigenvalue weighted by Crippen LogP contribution is -2.29. The minimum atomic E-state index is 0.627. The van der Waals surface area contributed by atoms with Crippen LogP contribution < -0.4 is 5.32 Å². The van der Waals surface area contributed by atoms with Crippen molar-refractivity contribution in [1.29, 1.82) is 0 Å². The third kappa shape index (κ3) is 6.19. The highest BCUT2D eigenvalue weighted by molar-refractivity contribution is 5.26. The molecule has 19 heavy (non-hydrogen) atoms. The van der Waals surface area contributed by atoms with Gasteiger partial charge in [0.25, 0.3) is 0 Å². The van der Waals surface area contributed by atoms with Gasteiger partial charge in [0, 0.05) is 19.7 Å². The van der Waals surface area contributed by atoms with Crippen LogP contribution in [0, 0.1) is 0 Å². The van der Waals surface area contributed by atoms with E-state index in [1.807, 2.05) is 0 Å². The van der Waals surface area contributed by atoms with Crippen molar-refractivity contribution in [2.75, 3.05) is 27.2 Å². The number of hydrogen-bond donors (Lipinski definition) is 1. The fourth-order valence-corrected chi connectivity index (χ4v) is 1.96. The highest BCUT2D eigenvalue weighted by atomic mass is 16.5. The number of nitrogens with one attached hydrogen (secondary N) is 1. The van der Waals surface area contributed by atoms with Gasteiger partial charge in [-0.2, -0.15) is 0 Å². The average Bonchev–Trinajstić information content (AvgIpc) is 2.40. The molecule has 1 rings (SSSR count). The highest BCUT2D eigenvalue weighted by Crippen LogP contribution is 2.09. The van der Waals surface area contributed by atoms with Gasteiger partial charge in [-0.05, 0) is 51.5 Å². The Labute approximate surface area is 118 Å². The summed E-state index contributed by atoms with van der Waals surface area (Å²) in [5.74, 6) is 0. The van der Waals surface area contributed by atoms with E-state index >= 15 is 0 Å². The Bertz CT molecular complexity index is 352. The fraction of sp³-hybridized carbons (Fsp3) is 0.625. The predicted molar refractivity (Wildman–Crippen MR) is 81.2 cm³/mol. The van der Waals surface area contributed by atoms with Crippen LogP contribution in [0.4, 0.5) is 0 Å². The standard InChI is InChI=1S/C16H28N2O/c1-14(2)18(3)11-7-10-17-12-15-8-5-6-9-16(15)13-19-4/h5-6,8-9,14,17H,7,10-13H2,1-4H3. The van der Waals surface area contributed by atoms with E-state index in [9.17, 15) is 0 Å². The summed E-state index contributed by atoms with van der Waals surface area (Å²) in [5, 5.41) is 3.51. The zero-order chi connectivity index (χ0) is 14.1. The number of benzene rings is 1. The van der Waals surface area contributed by atoms with E-state index in [-0.39, 0.29) is 0 Å². The minimum absolute atomic E-state index is 0.627. The van der Waals surface area contributed by atoms with Crippen LogP contribution in [0.25, 0.3) is 0 Å². The van der Waals surface area contributed by atoms with Crippen LogP contribution in [0.1, 0.15) is 31.4 Å². The van der Waals surface area contributed by atoms with E-state index in [2.05, 4.69) is 55.4 Å². The lowest BCUT2D eigenvalue weighted by Gasteiger charge is -2.20. The third-order valence-corrected chi connectivity index (χ3v) is 3.48. The van der Waals surface area contributed by atoms with Gasteiger partial charge in [0.2, 0.25) is 0 Å². The largest absolute Gasteiger partial charge is 0.380 e. The van der Waals surface area contributed by atoms with Crippen molar-refractivity contribution in [1.82, 2.24) is 10.2 Å². The van der Waals surface area contributed by atoms with Crippen LogP contribution in [0.3, 0.4) is 0 Å². The van der Waals surface area contributed by atoms with Crippen LogP contribution >= 0.6 is 0 Å². The van der Waals surface area contributed by atoms with E-state index in [1.165, 1.54) is 17.5 Å². The molecule has 3 heteroatoms. The van der Waals surface area contributed by atoms with Gasteiger partial charge in [-0.15, -0.1) is 0 Å². The molecule has 0 saturated heterocycles. The number of methoxy groups -OCH3 is 1. The topological polar surface area (TPSA) is 24.5 Å². The van der Waals surface area contributed by atoms with Gasteiger partial charge >= 0.3 is 0 Å². The molecule has 0 bridgehead atoms. The molecule has 0 aliphatic carbocycles. The molecule has 0 saturated carbocycles. The molecule has 1 aromatic carbocycles. The van der Waals surface area contributed by atoms with Crippen molar-refractivity contribution in [2.45, 2.75) is 39.5 Å². The first-order valence-corrected chi connectivity index (χ1v) is 7.11. The van der Waals surface area contributed by atoms with E-state index < -0.39 is 0 Å². The van der Waals surface area contributed by atoms with Gasteiger partial charge in [0.1, 0.15) is 0 Å². The number of rotatable bonds is 9. The monoisotopic (exact) mass is 264 g/mol. The van der Waals surface area contributed by atoms with Gasteiger partial charge in [-0.1, -0.05) is 24.3 Å². The first-order valence-electron chi connectivity index (χ1n) is 7.11. The molecule has 1 aromatic rings. The van der Waals surface area contributed by atoms with Crippen LogP contribution in [0.2, 0.25) is 0 Å².